The fourth-order valence-corrected chi connectivity index (χ4v) is 6.13. The summed E-state index contributed by atoms with van der Waals surface area (Å²) in [6.07, 6.45) is -2.69. The number of hydrogen-bond acceptors (Lipinski definition) is 4. The van der Waals surface area contributed by atoms with Crippen LogP contribution in [0.5, 0.6) is 0 Å². The molecule has 1 amide bonds. The molecular weight excluding hydrogens is 464 g/mol. The number of alkyl halides is 3. The first-order valence-corrected chi connectivity index (χ1v) is 10.7. The van der Waals surface area contributed by atoms with E-state index in [-0.39, 0.29) is 17.7 Å². The number of ether oxygens (including phenoxy) is 1. The largest absolute Gasteiger partial charge is 0.444 e. The molecule has 0 aromatic rings. The molecule has 0 aromatic carbocycles. The summed E-state index contributed by atoms with van der Waals surface area (Å²) in [6.45, 7) is 5.42. The predicted octanol–water partition coefficient (Wildman–Crippen LogP) is 3.20. The third kappa shape index (κ3) is 4.14. The minimum atomic E-state index is -4.64. The topological polar surface area (TPSA) is 61.8 Å². The zero-order chi connectivity index (χ0) is 19.3. The second-order valence-electron chi connectivity index (χ2n) is 7.67. The van der Waals surface area contributed by atoms with Crippen molar-refractivity contribution in [3.05, 3.63) is 21.8 Å². The Kier molecular flexibility index (Phi) is 5.26. The predicted molar refractivity (Wildman–Crippen MR) is 100 cm³/mol. The standard InChI is InChI=1S/C17H22F3IN2O3/c1-16(2,3)26-15(25)22-11-6-10-7-12(11)23(10)13-5-4-9(8-21-13)14(24)17(18,19)20/h4-5,8,10-12,14,24H,6-7H2,1-3H3,(H,22,25). The molecule has 2 saturated heterocycles. The van der Waals surface area contributed by atoms with Gasteiger partial charge in [-0.2, -0.15) is 13.2 Å². The number of alkyl carbamates (subject to hydrolysis) is 1. The lowest BCUT2D eigenvalue weighted by atomic mass is 10.0. The van der Waals surface area contributed by atoms with Gasteiger partial charge in [0.05, 0.1) is 3.63 Å². The van der Waals surface area contributed by atoms with E-state index in [9.17, 15) is 23.1 Å². The molecule has 0 aromatic heterocycles. The number of aliphatic hydroxyl groups excluding tert-OH is 1. The molecule has 5 nitrogen and oxygen atoms in total. The molecule has 4 rings (SSSR count). The number of nitrogens with zero attached hydrogens (tertiary/aromatic N) is 1. The van der Waals surface area contributed by atoms with Crippen molar-refractivity contribution in [2.45, 2.75) is 69.6 Å². The first kappa shape index (κ1) is 19.8. The Morgan fingerprint density at radius 1 is 1.35 bits per heavy atom. The molecule has 146 valence electrons. The second kappa shape index (κ2) is 6.90. The van der Waals surface area contributed by atoms with Crippen LogP contribution in [-0.2, 0) is 4.74 Å². The van der Waals surface area contributed by atoms with Crippen molar-refractivity contribution in [2.75, 3.05) is 0 Å². The summed E-state index contributed by atoms with van der Waals surface area (Å²) in [5, 5.41) is 12.3. The average Bonchev–Trinajstić information content (AvgIpc) is 3.02. The summed E-state index contributed by atoms with van der Waals surface area (Å²) in [5.41, 5.74) is -0.636. The molecule has 1 saturated carbocycles. The van der Waals surface area contributed by atoms with Crippen LogP contribution >= 0.6 is 20.7 Å². The Hall–Kier alpha value is -0.940. The smallest absolute Gasteiger partial charge is 0.418 e. The van der Waals surface area contributed by atoms with Crippen molar-refractivity contribution in [3.8, 4) is 0 Å². The Bertz CT molecular complexity index is 682. The van der Waals surface area contributed by atoms with Gasteiger partial charge in [-0.3, -0.25) is 4.90 Å². The van der Waals surface area contributed by atoms with Gasteiger partial charge in [0.1, 0.15) is 5.60 Å². The third-order valence-corrected chi connectivity index (χ3v) is 7.12. The number of halogens is 4. The maximum atomic E-state index is 12.6. The zero-order valence-corrected chi connectivity index (χ0v) is 16.8. The third-order valence-electron chi connectivity index (χ3n) is 4.53. The Labute approximate surface area is 160 Å². The minimum absolute atomic E-state index is 0.00843. The highest BCUT2D eigenvalue weighted by Gasteiger charge is 2.53. The van der Waals surface area contributed by atoms with Gasteiger partial charge < -0.3 is 15.2 Å². The summed E-state index contributed by atoms with van der Waals surface area (Å²) in [5.74, 6) is 0. The zero-order valence-electron chi connectivity index (χ0n) is 14.7. The quantitative estimate of drug-likeness (QED) is 0.602. The summed E-state index contributed by atoms with van der Waals surface area (Å²) < 4.78 is 45.7. The lowest BCUT2D eigenvalue weighted by Crippen LogP contribution is -2.55. The Balaban J connectivity index is 1.62. The van der Waals surface area contributed by atoms with Crippen molar-refractivity contribution in [1.82, 2.24) is 10.2 Å². The van der Waals surface area contributed by atoms with E-state index in [4.69, 9.17) is 4.74 Å². The lowest BCUT2D eigenvalue weighted by molar-refractivity contribution is -0.190. The fraction of sp³-hybridized carbons (Fsp3) is 0.647. The Morgan fingerprint density at radius 2 is 2.04 bits per heavy atom. The molecule has 3 fully saturated rings. The Morgan fingerprint density at radius 3 is 2.58 bits per heavy atom. The van der Waals surface area contributed by atoms with E-state index in [0.717, 1.165) is 16.5 Å². The van der Waals surface area contributed by atoms with Crippen molar-refractivity contribution in [3.63, 3.8) is 0 Å². The first-order chi connectivity index (χ1) is 12.0. The molecule has 4 unspecified atom stereocenters. The monoisotopic (exact) mass is 486 g/mol. The van der Waals surface area contributed by atoms with Crippen LogP contribution in [-0.4, -0.2) is 55.7 Å². The highest BCUT2D eigenvalue weighted by atomic mass is 127. The van der Waals surface area contributed by atoms with Gasteiger partial charge in [-0.1, -0.05) is 26.8 Å². The minimum Gasteiger partial charge on any atom is -0.444 e. The van der Waals surface area contributed by atoms with Gasteiger partial charge in [0, 0.05) is 18.1 Å². The number of fused-ring (bicyclic) bond motifs is 1. The van der Waals surface area contributed by atoms with Crippen LogP contribution in [0.25, 0.3) is 0 Å². The normalized spacial score (nSPS) is 29.9. The van der Waals surface area contributed by atoms with Crippen molar-refractivity contribution >= 4 is 30.5 Å². The van der Waals surface area contributed by atoms with Gasteiger partial charge in [-0.05, 0) is 49.3 Å². The molecule has 2 bridgehead atoms. The number of hydrogen-bond donors (Lipinski definition) is 2. The highest BCUT2D eigenvalue weighted by molar-refractivity contribution is 14.2. The SMILES string of the molecule is CC(C)(C)OC(=O)NC1CC2CC1N2C1=IC=C(C(O)C(F)(F)F)C=C1. The maximum Gasteiger partial charge on any atom is 0.418 e. The molecule has 26 heavy (non-hydrogen) atoms. The summed E-state index contributed by atoms with van der Waals surface area (Å²) in [6, 6.07) is 0.460. The number of nitrogens with one attached hydrogen (secondary N) is 1. The van der Waals surface area contributed by atoms with E-state index in [0.29, 0.717) is 6.04 Å². The van der Waals surface area contributed by atoms with Crippen LogP contribution in [0.4, 0.5) is 18.0 Å². The number of carbonyl (C=O) groups is 1. The summed E-state index contributed by atoms with van der Waals surface area (Å²) >= 11 is -0.756. The van der Waals surface area contributed by atoms with Crippen LogP contribution in [0.15, 0.2) is 21.8 Å². The maximum absolute atomic E-state index is 12.6. The van der Waals surface area contributed by atoms with E-state index in [1.54, 1.807) is 26.8 Å². The average molecular weight is 486 g/mol. The molecule has 2 N–H and O–H groups in total. The van der Waals surface area contributed by atoms with E-state index < -0.39 is 44.7 Å². The summed E-state index contributed by atoms with van der Waals surface area (Å²) in [4.78, 5) is 14.2. The highest BCUT2D eigenvalue weighted by Crippen LogP contribution is 2.43. The molecular formula is C17H22F3IN2O3. The van der Waals surface area contributed by atoms with Crippen LogP contribution in [0, 0.1) is 0 Å². The lowest BCUT2D eigenvalue weighted by Gasteiger charge is -2.42. The van der Waals surface area contributed by atoms with Gasteiger partial charge in [0.25, 0.3) is 0 Å². The molecule has 3 heterocycles. The van der Waals surface area contributed by atoms with Crippen LogP contribution in [0.2, 0.25) is 0 Å². The van der Waals surface area contributed by atoms with Crippen molar-refractivity contribution in [2.24, 2.45) is 0 Å². The van der Waals surface area contributed by atoms with E-state index in [1.165, 1.54) is 10.2 Å². The van der Waals surface area contributed by atoms with Gasteiger partial charge in [0.15, 0.2) is 6.10 Å². The van der Waals surface area contributed by atoms with Crippen molar-refractivity contribution in [1.29, 1.82) is 0 Å². The van der Waals surface area contributed by atoms with E-state index in [1.807, 2.05) is 0 Å². The number of carbonyl (C=O) groups excluding carboxylic acids is 1. The van der Waals surface area contributed by atoms with Gasteiger partial charge >= 0.3 is 12.3 Å². The molecule has 3 aliphatic heterocycles. The van der Waals surface area contributed by atoms with Crippen LogP contribution in [0.3, 0.4) is 0 Å². The van der Waals surface area contributed by atoms with E-state index in [2.05, 4.69) is 10.2 Å². The van der Waals surface area contributed by atoms with Gasteiger partial charge in [0.2, 0.25) is 0 Å². The van der Waals surface area contributed by atoms with Gasteiger partial charge in [-0.25, -0.2) is 4.79 Å². The van der Waals surface area contributed by atoms with Crippen LogP contribution < -0.4 is 5.32 Å². The fourth-order valence-electron chi connectivity index (χ4n) is 3.44. The molecule has 4 aliphatic rings. The molecule has 9 heteroatoms. The molecule has 0 spiro atoms. The van der Waals surface area contributed by atoms with E-state index >= 15 is 0 Å². The first-order valence-electron chi connectivity index (χ1n) is 8.37. The summed E-state index contributed by atoms with van der Waals surface area (Å²) in [7, 11) is 0. The molecule has 0 radical (unpaired) electrons. The number of amides is 1. The second-order valence-corrected chi connectivity index (χ2v) is 10.0. The number of aliphatic hydroxyl groups is 1. The van der Waals surface area contributed by atoms with Crippen LogP contribution in [0.1, 0.15) is 33.6 Å². The number of rotatable bonds is 3. The van der Waals surface area contributed by atoms with Crippen molar-refractivity contribution < 1.29 is 27.8 Å². The van der Waals surface area contributed by atoms with Gasteiger partial charge in [-0.15, -0.1) is 0 Å². The molecule has 4 atom stereocenters. The molecule has 1 aliphatic carbocycles.